The number of aryl methyl sites for hydroxylation is 3. The molecule has 3 heteroatoms. The van der Waals surface area contributed by atoms with Crippen LogP contribution in [0.5, 0.6) is 0 Å². The molecule has 1 fully saturated rings. The molecule has 3 nitrogen and oxygen atoms in total. The Hall–Kier alpha value is -2.13. The molecule has 0 aliphatic carbocycles. The zero-order valence-electron chi connectivity index (χ0n) is 15.3. The third-order valence-electron chi connectivity index (χ3n) is 5.04. The van der Waals surface area contributed by atoms with Gasteiger partial charge in [0.25, 0.3) is 0 Å². The normalized spacial score (nSPS) is 17.7. The molecule has 0 spiro atoms. The van der Waals surface area contributed by atoms with Crippen molar-refractivity contribution in [1.29, 1.82) is 0 Å². The molecule has 1 N–H and O–H groups in total. The second-order valence-electron chi connectivity index (χ2n) is 7.05. The summed E-state index contributed by atoms with van der Waals surface area (Å²) in [6, 6.07) is 17.8. The van der Waals surface area contributed by atoms with Crippen LogP contribution in [0.3, 0.4) is 0 Å². The summed E-state index contributed by atoms with van der Waals surface area (Å²) in [5.74, 6) is 0.123. The molecule has 132 valence electrons. The highest BCUT2D eigenvalue weighted by atomic mass is 16.2. The molecule has 0 bridgehead atoms. The van der Waals surface area contributed by atoms with E-state index >= 15 is 0 Å². The van der Waals surface area contributed by atoms with Crippen molar-refractivity contribution < 1.29 is 4.79 Å². The smallest absolute Gasteiger partial charge is 0.235 e. The number of rotatable bonds is 7. The van der Waals surface area contributed by atoms with Crippen LogP contribution in [0.2, 0.25) is 0 Å². The van der Waals surface area contributed by atoms with Crippen LogP contribution in [0.15, 0.2) is 48.5 Å². The highest BCUT2D eigenvalue weighted by Gasteiger charge is 2.26. The van der Waals surface area contributed by atoms with E-state index in [0.717, 1.165) is 32.1 Å². The molecule has 1 aliphatic heterocycles. The average molecular weight is 336 g/mol. The summed E-state index contributed by atoms with van der Waals surface area (Å²) in [5.41, 5.74) is 5.50. The fraction of sp³-hybridized carbons (Fsp3) is 0.409. The summed E-state index contributed by atoms with van der Waals surface area (Å²) >= 11 is 0. The Morgan fingerprint density at radius 3 is 2.36 bits per heavy atom. The molecule has 2 aromatic rings. The van der Waals surface area contributed by atoms with Crippen molar-refractivity contribution in [3.05, 3.63) is 70.8 Å². The molecular weight excluding hydrogens is 308 g/mol. The molecule has 1 heterocycles. The standard InChI is InChI=1S/C22H28N2O/c1-3-17-10-12-18(13-11-17)6-4-7-19-8-5-9-20(14-19)15-21-23-22(25)16-24(21)2/h5,8-14,21H,3-4,6-7,15-16H2,1-2H3,(H,23,25)/t21-/m1/s1. The van der Waals surface area contributed by atoms with E-state index in [1.807, 2.05) is 7.05 Å². The van der Waals surface area contributed by atoms with E-state index in [0.29, 0.717) is 6.54 Å². The van der Waals surface area contributed by atoms with Crippen molar-refractivity contribution in [2.45, 2.75) is 45.2 Å². The molecule has 25 heavy (non-hydrogen) atoms. The van der Waals surface area contributed by atoms with Gasteiger partial charge >= 0.3 is 0 Å². The molecule has 2 aromatic carbocycles. The van der Waals surface area contributed by atoms with Crippen LogP contribution in [-0.2, 0) is 30.5 Å². The number of hydrogen-bond donors (Lipinski definition) is 1. The maximum Gasteiger partial charge on any atom is 0.235 e. The van der Waals surface area contributed by atoms with E-state index in [-0.39, 0.29) is 12.1 Å². The highest BCUT2D eigenvalue weighted by Crippen LogP contribution is 2.14. The van der Waals surface area contributed by atoms with Crippen LogP contribution in [-0.4, -0.2) is 30.6 Å². The number of likely N-dealkylation sites (N-methyl/N-ethyl adjacent to an activating group) is 1. The molecule has 1 amide bonds. The van der Waals surface area contributed by atoms with E-state index in [4.69, 9.17) is 0 Å². The molecule has 1 atom stereocenters. The lowest BCUT2D eigenvalue weighted by atomic mass is 10.00. The number of carbonyl (C=O) groups is 1. The second kappa shape index (κ2) is 8.30. The average Bonchev–Trinajstić information content (AvgIpc) is 2.93. The number of hydrogen-bond acceptors (Lipinski definition) is 2. The van der Waals surface area contributed by atoms with Gasteiger partial charge in [-0.25, -0.2) is 0 Å². The SMILES string of the molecule is CCc1ccc(CCCc2cccc(C[C@@H]3NC(=O)CN3C)c2)cc1. The van der Waals surface area contributed by atoms with Gasteiger partial charge < -0.3 is 5.32 Å². The maximum atomic E-state index is 11.5. The van der Waals surface area contributed by atoms with E-state index in [1.165, 1.54) is 22.3 Å². The van der Waals surface area contributed by atoms with Crippen LogP contribution < -0.4 is 5.32 Å². The lowest BCUT2D eigenvalue weighted by molar-refractivity contribution is -0.118. The minimum absolute atomic E-state index is 0.123. The van der Waals surface area contributed by atoms with Gasteiger partial charge in [0.1, 0.15) is 0 Å². The van der Waals surface area contributed by atoms with Crippen molar-refractivity contribution in [3.8, 4) is 0 Å². The van der Waals surface area contributed by atoms with E-state index in [9.17, 15) is 4.79 Å². The van der Waals surface area contributed by atoms with Gasteiger partial charge in [0, 0.05) is 6.42 Å². The maximum absolute atomic E-state index is 11.5. The fourth-order valence-corrected chi connectivity index (χ4v) is 3.46. The minimum Gasteiger partial charge on any atom is -0.339 e. The predicted octanol–water partition coefficient (Wildman–Crippen LogP) is 3.35. The number of benzene rings is 2. The monoisotopic (exact) mass is 336 g/mol. The summed E-state index contributed by atoms with van der Waals surface area (Å²) in [6.45, 7) is 2.69. The first-order chi connectivity index (χ1) is 12.1. The van der Waals surface area contributed by atoms with Crippen molar-refractivity contribution in [2.75, 3.05) is 13.6 Å². The third kappa shape index (κ3) is 4.93. The van der Waals surface area contributed by atoms with Crippen molar-refractivity contribution in [2.24, 2.45) is 0 Å². The number of amides is 1. The summed E-state index contributed by atoms with van der Waals surface area (Å²) in [6.07, 6.45) is 5.47. The summed E-state index contributed by atoms with van der Waals surface area (Å²) in [5, 5.41) is 3.03. The van der Waals surface area contributed by atoms with E-state index in [1.54, 1.807) is 0 Å². The summed E-state index contributed by atoms with van der Waals surface area (Å²) in [4.78, 5) is 13.6. The molecular formula is C22H28N2O. The number of carbonyl (C=O) groups excluding carboxylic acids is 1. The first-order valence-electron chi connectivity index (χ1n) is 9.29. The number of nitrogens with zero attached hydrogens (tertiary/aromatic N) is 1. The molecule has 1 aliphatic rings. The minimum atomic E-state index is 0.123. The zero-order chi connectivity index (χ0) is 17.6. The highest BCUT2D eigenvalue weighted by molar-refractivity contribution is 5.80. The lowest BCUT2D eigenvalue weighted by Crippen LogP contribution is -2.35. The van der Waals surface area contributed by atoms with Crippen molar-refractivity contribution in [3.63, 3.8) is 0 Å². The Morgan fingerprint density at radius 2 is 1.68 bits per heavy atom. The van der Waals surface area contributed by atoms with Gasteiger partial charge in [0.2, 0.25) is 5.91 Å². The van der Waals surface area contributed by atoms with Gasteiger partial charge in [-0.3, -0.25) is 9.69 Å². The van der Waals surface area contributed by atoms with Crippen LogP contribution in [0.1, 0.15) is 35.6 Å². The van der Waals surface area contributed by atoms with Crippen molar-refractivity contribution >= 4 is 5.91 Å². The fourth-order valence-electron chi connectivity index (χ4n) is 3.46. The molecule has 0 saturated carbocycles. The van der Waals surface area contributed by atoms with Gasteiger partial charge in [-0.15, -0.1) is 0 Å². The summed E-state index contributed by atoms with van der Waals surface area (Å²) < 4.78 is 0. The third-order valence-corrected chi connectivity index (χ3v) is 5.04. The molecule has 0 aromatic heterocycles. The molecule has 3 rings (SSSR count). The zero-order valence-corrected chi connectivity index (χ0v) is 15.3. The number of nitrogens with one attached hydrogen (secondary N) is 1. The second-order valence-corrected chi connectivity index (χ2v) is 7.05. The Labute approximate surface area is 151 Å². The Balaban J connectivity index is 1.52. The molecule has 1 saturated heterocycles. The van der Waals surface area contributed by atoms with Crippen LogP contribution in [0.25, 0.3) is 0 Å². The molecule has 0 radical (unpaired) electrons. The predicted molar refractivity (Wildman–Crippen MR) is 103 cm³/mol. The van der Waals surface area contributed by atoms with Crippen LogP contribution in [0.4, 0.5) is 0 Å². The largest absolute Gasteiger partial charge is 0.339 e. The Morgan fingerprint density at radius 1 is 1.00 bits per heavy atom. The topological polar surface area (TPSA) is 32.3 Å². The van der Waals surface area contributed by atoms with Crippen LogP contribution >= 0.6 is 0 Å². The summed E-state index contributed by atoms with van der Waals surface area (Å²) in [7, 11) is 2.00. The molecule has 0 unspecified atom stereocenters. The van der Waals surface area contributed by atoms with Crippen LogP contribution in [0, 0.1) is 0 Å². The van der Waals surface area contributed by atoms with E-state index in [2.05, 4.69) is 65.7 Å². The first-order valence-corrected chi connectivity index (χ1v) is 9.29. The van der Waals surface area contributed by atoms with Gasteiger partial charge in [-0.1, -0.05) is 55.5 Å². The quantitative estimate of drug-likeness (QED) is 0.841. The Bertz CT molecular complexity index is 708. The van der Waals surface area contributed by atoms with Gasteiger partial charge in [0.15, 0.2) is 0 Å². The van der Waals surface area contributed by atoms with Gasteiger partial charge in [-0.05, 0) is 55.0 Å². The van der Waals surface area contributed by atoms with E-state index < -0.39 is 0 Å². The van der Waals surface area contributed by atoms with Gasteiger partial charge in [-0.2, -0.15) is 0 Å². The first kappa shape index (κ1) is 17.7. The Kier molecular flexibility index (Phi) is 5.87. The van der Waals surface area contributed by atoms with Crippen molar-refractivity contribution in [1.82, 2.24) is 10.2 Å². The van der Waals surface area contributed by atoms with Gasteiger partial charge in [0.05, 0.1) is 12.7 Å². The lowest BCUT2D eigenvalue weighted by Gasteiger charge is -2.18.